The number of carbonyl (C=O) groups excluding carboxylic acids is 2. The first-order valence-electron chi connectivity index (χ1n) is 12.3. The van der Waals surface area contributed by atoms with E-state index in [-0.39, 0.29) is 17.3 Å². The van der Waals surface area contributed by atoms with Crippen molar-refractivity contribution in [3.05, 3.63) is 47.0 Å². The van der Waals surface area contributed by atoms with E-state index in [4.69, 9.17) is 29.2 Å². The van der Waals surface area contributed by atoms with Crippen LogP contribution in [0.3, 0.4) is 0 Å². The molecule has 14 nitrogen and oxygen atoms in total. The number of halogens is 2. The highest BCUT2D eigenvalue weighted by Crippen LogP contribution is 2.43. The summed E-state index contributed by atoms with van der Waals surface area (Å²) in [5, 5.41) is 10.2. The number of aliphatic hydroxyl groups excluding tert-OH is 1. The van der Waals surface area contributed by atoms with Gasteiger partial charge in [-0.25, -0.2) is 14.4 Å². The number of hydrogen-bond donors (Lipinski definition) is 2. The summed E-state index contributed by atoms with van der Waals surface area (Å²) in [7, 11) is -2.87. The lowest BCUT2D eigenvalue weighted by Gasteiger charge is -2.20. The Morgan fingerprint density at radius 1 is 1.20 bits per heavy atom. The first kappa shape index (κ1) is 31.8. The zero-order chi connectivity index (χ0) is 30.5. The molecule has 3 N–H and O–H groups in total. The summed E-state index contributed by atoms with van der Waals surface area (Å²) in [6.45, 7) is 5.23. The van der Waals surface area contributed by atoms with Crippen molar-refractivity contribution >= 4 is 25.9 Å². The molecule has 0 radical (unpaired) electrons. The van der Waals surface area contributed by atoms with Gasteiger partial charge in [-0.3, -0.25) is 9.09 Å². The second-order valence-corrected chi connectivity index (χ2v) is 10.0. The summed E-state index contributed by atoms with van der Waals surface area (Å²) >= 11 is 0. The molecule has 2 aromatic rings. The smallest absolute Gasteiger partial charge is 0.395 e. The number of nitrogens with two attached hydrogens (primary N) is 1. The number of para-hydroxylation sites is 2. The molecule has 1 saturated heterocycles. The minimum absolute atomic E-state index is 0.0692. The van der Waals surface area contributed by atoms with E-state index in [1.165, 1.54) is 38.1 Å². The Bertz CT molecular complexity index is 1340. The van der Waals surface area contributed by atoms with Crippen LogP contribution in [0.25, 0.3) is 0 Å². The van der Waals surface area contributed by atoms with Crippen molar-refractivity contribution in [3.63, 3.8) is 0 Å². The highest BCUT2D eigenvalue weighted by atomic mass is 31.1. The van der Waals surface area contributed by atoms with E-state index in [0.717, 1.165) is 12.3 Å². The Balaban J connectivity index is 1.65. The quantitative estimate of drug-likeness (QED) is 0.277. The molecule has 1 aromatic carbocycles. The normalized spacial score (nSPS) is 21.7. The standard InChI is InChI=1S/C24H29F2N4O10P/c1-12(2)37-21(33)14(4)38-20(32)13(3)29-41(35)40-16-8-6-5-7-15(16)36-11-17-19(31)24(25,26)22(39-17)30-10-9-18(27)28-23(30)34/h5-10,12-14,17,19,22,31H,11H2,1-4H3,(H2,27,28,34)/t13-,14-,17+,19+,22+/m0/s1. The van der Waals surface area contributed by atoms with Gasteiger partial charge in [0.05, 0.1) is 6.10 Å². The first-order valence-corrected chi connectivity index (χ1v) is 13.4. The predicted octanol–water partition coefficient (Wildman–Crippen LogP) is 1.30. The molecule has 2 heterocycles. The zero-order valence-electron chi connectivity index (χ0n) is 22.4. The molecular formula is C24H29F2N4O10P. The molecule has 6 atom stereocenters. The number of alkyl halides is 2. The molecule has 1 aliphatic rings. The van der Waals surface area contributed by atoms with Gasteiger partial charge < -0.3 is 34.7 Å². The minimum atomic E-state index is -3.89. The van der Waals surface area contributed by atoms with E-state index >= 15 is 0 Å². The lowest BCUT2D eigenvalue weighted by Crippen LogP contribution is -2.42. The number of ether oxygens (including phenoxy) is 4. The number of nitrogen functional groups attached to an aromatic ring is 1. The Labute approximate surface area is 233 Å². The third kappa shape index (κ3) is 7.94. The third-order valence-corrected chi connectivity index (χ3v) is 6.39. The summed E-state index contributed by atoms with van der Waals surface area (Å²) in [6.07, 6.45) is -6.79. The van der Waals surface area contributed by atoms with Gasteiger partial charge in [-0.05, 0) is 45.9 Å². The van der Waals surface area contributed by atoms with Gasteiger partial charge >= 0.3 is 31.7 Å². The van der Waals surface area contributed by atoms with E-state index in [1.54, 1.807) is 13.8 Å². The molecule has 1 unspecified atom stereocenters. The SMILES string of the molecule is CC(C)OC(=O)[C@H](C)OC(=O)[C@H](C)N=[P+]([O-])Oc1ccccc1OC[C@H]1O[C@@H](n2ccc(N)nc2=O)C(F)(F)[C@@H]1O. The van der Waals surface area contributed by atoms with Crippen LogP contribution in [0, 0.1) is 0 Å². The van der Waals surface area contributed by atoms with Crippen molar-refractivity contribution in [2.45, 2.75) is 70.3 Å². The van der Waals surface area contributed by atoms with E-state index in [1.807, 2.05) is 0 Å². The number of rotatable bonds is 11. The molecule has 41 heavy (non-hydrogen) atoms. The average Bonchev–Trinajstić information content (AvgIpc) is 3.11. The van der Waals surface area contributed by atoms with E-state index in [0.29, 0.717) is 4.57 Å². The lowest BCUT2D eigenvalue weighted by atomic mass is 10.1. The second kappa shape index (κ2) is 13.3. The van der Waals surface area contributed by atoms with Crippen molar-refractivity contribution in [1.29, 1.82) is 0 Å². The van der Waals surface area contributed by atoms with Crippen LogP contribution >= 0.6 is 8.17 Å². The second-order valence-electron chi connectivity index (χ2n) is 9.13. The fourth-order valence-corrected chi connectivity index (χ4v) is 4.22. The van der Waals surface area contributed by atoms with Crippen LogP contribution in [-0.2, 0) is 23.8 Å². The van der Waals surface area contributed by atoms with Gasteiger partial charge in [0, 0.05) is 6.20 Å². The Morgan fingerprint density at radius 2 is 1.85 bits per heavy atom. The predicted molar refractivity (Wildman–Crippen MR) is 136 cm³/mol. The van der Waals surface area contributed by atoms with Gasteiger partial charge in [0.1, 0.15) is 18.5 Å². The molecule has 0 bridgehead atoms. The molecule has 3 rings (SSSR count). The fraction of sp³-hybridized carbons (Fsp3) is 0.500. The van der Waals surface area contributed by atoms with Gasteiger partial charge in [0.2, 0.25) is 12.0 Å². The van der Waals surface area contributed by atoms with E-state index in [9.17, 15) is 33.2 Å². The number of esters is 2. The summed E-state index contributed by atoms with van der Waals surface area (Å²) < 4.78 is 59.7. The molecule has 224 valence electrons. The molecule has 17 heteroatoms. The number of aromatic nitrogens is 2. The molecule has 1 fully saturated rings. The summed E-state index contributed by atoms with van der Waals surface area (Å²) in [5.74, 6) is -5.97. The molecule has 0 saturated carbocycles. The molecule has 1 aliphatic heterocycles. The van der Waals surface area contributed by atoms with Gasteiger partial charge in [-0.15, -0.1) is 0 Å². The maximum atomic E-state index is 14.8. The first-order chi connectivity index (χ1) is 19.2. The topological polar surface area (TPSA) is 197 Å². The number of anilines is 1. The van der Waals surface area contributed by atoms with Crippen LogP contribution in [0.15, 0.2) is 46.1 Å². The third-order valence-electron chi connectivity index (χ3n) is 5.50. The number of hydrogen-bond acceptors (Lipinski definition) is 13. The molecule has 1 aromatic heterocycles. The number of aliphatic hydroxyl groups is 1. The van der Waals surface area contributed by atoms with Gasteiger partial charge in [-0.1, -0.05) is 16.9 Å². The van der Waals surface area contributed by atoms with Crippen molar-refractivity contribution < 1.29 is 51.8 Å². The highest BCUT2D eigenvalue weighted by molar-refractivity contribution is 7.34. The number of benzene rings is 1. The Kier molecular flexibility index (Phi) is 10.3. The monoisotopic (exact) mass is 602 g/mol. The average molecular weight is 602 g/mol. The Hall–Kier alpha value is -3.72. The summed E-state index contributed by atoms with van der Waals surface area (Å²) in [6, 6.07) is 5.55. The van der Waals surface area contributed by atoms with Crippen LogP contribution in [-0.4, -0.2) is 69.6 Å². The van der Waals surface area contributed by atoms with Gasteiger partial charge in [0.15, 0.2) is 24.0 Å². The molecular weight excluding hydrogens is 573 g/mol. The van der Waals surface area contributed by atoms with Crippen LogP contribution in [0.5, 0.6) is 11.5 Å². The van der Waals surface area contributed by atoms with Crippen LogP contribution in [0.4, 0.5) is 14.6 Å². The number of nitrogens with zero attached hydrogens (tertiary/aromatic N) is 3. The minimum Gasteiger partial charge on any atom is -0.575 e. The highest BCUT2D eigenvalue weighted by Gasteiger charge is 2.60. The van der Waals surface area contributed by atoms with E-state index < -0.39 is 75.0 Å². The maximum absolute atomic E-state index is 14.8. The van der Waals surface area contributed by atoms with Crippen LogP contribution in [0.2, 0.25) is 0 Å². The van der Waals surface area contributed by atoms with E-state index in [2.05, 4.69) is 9.73 Å². The Morgan fingerprint density at radius 3 is 2.49 bits per heavy atom. The van der Waals surface area contributed by atoms with Crippen molar-refractivity contribution in [3.8, 4) is 11.5 Å². The van der Waals surface area contributed by atoms with Gasteiger partial charge in [0.25, 0.3) is 0 Å². The van der Waals surface area contributed by atoms with Gasteiger partial charge in [-0.2, -0.15) is 13.8 Å². The summed E-state index contributed by atoms with van der Waals surface area (Å²) in [4.78, 5) is 52.0. The molecule has 0 spiro atoms. The van der Waals surface area contributed by atoms with Crippen molar-refractivity contribution in [2.24, 2.45) is 4.74 Å². The maximum Gasteiger partial charge on any atom is 0.395 e. The fourth-order valence-electron chi connectivity index (χ4n) is 3.47. The van der Waals surface area contributed by atoms with Crippen LogP contribution < -0.4 is 25.6 Å². The number of carbonyl (C=O) groups is 2. The van der Waals surface area contributed by atoms with Crippen molar-refractivity contribution in [1.82, 2.24) is 9.55 Å². The van der Waals surface area contributed by atoms with Crippen molar-refractivity contribution in [2.75, 3.05) is 12.3 Å². The largest absolute Gasteiger partial charge is 0.575 e. The molecule has 0 amide bonds. The molecule has 0 aliphatic carbocycles. The lowest BCUT2D eigenvalue weighted by molar-refractivity contribution is -0.172. The van der Waals surface area contributed by atoms with Crippen LogP contribution in [0.1, 0.15) is 33.9 Å². The zero-order valence-corrected chi connectivity index (χ0v) is 23.3. The summed E-state index contributed by atoms with van der Waals surface area (Å²) in [5.41, 5.74) is 4.29.